The van der Waals surface area contributed by atoms with E-state index in [-0.39, 0.29) is 0 Å². The fraction of sp³-hybridized carbons (Fsp3) is 0.0196. The molecule has 51 heavy (non-hydrogen) atoms. The fourth-order valence-electron chi connectivity index (χ4n) is 9.36. The highest BCUT2D eigenvalue weighted by Gasteiger charge is 2.47. The summed E-state index contributed by atoms with van der Waals surface area (Å²) in [6.07, 6.45) is 0. The van der Waals surface area contributed by atoms with Gasteiger partial charge in [-0.1, -0.05) is 188 Å². The van der Waals surface area contributed by atoms with Crippen LogP contribution in [0.15, 0.2) is 194 Å². The van der Waals surface area contributed by atoms with Crippen molar-refractivity contribution in [1.82, 2.24) is 0 Å². The first-order valence-corrected chi connectivity index (χ1v) is 17.9. The molecule has 0 atom stereocenters. The van der Waals surface area contributed by atoms with E-state index < -0.39 is 5.41 Å². The standard InChI is InChI=1S/C51H32/c1-4-12-33(13-5-1)40-26-21-35-24-30-45-41(27-22-36-23-29-44(40)48(35)49(36)45)37-25-28-43-46-31-20-34-14-10-11-19-42(34)50(46)51(47(43)32-37,38-15-6-2-7-16-38)39-17-8-3-9-18-39/h1-32H. The summed E-state index contributed by atoms with van der Waals surface area (Å²) in [6, 6.07) is 72.4. The highest BCUT2D eigenvalue weighted by Crippen LogP contribution is 2.59. The molecule has 0 spiro atoms. The van der Waals surface area contributed by atoms with Gasteiger partial charge in [0.25, 0.3) is 0 Å². The molecule has 0 fully saturated rings. The third-order valence-electron chi connectivity index (χ3n) is 11.5. The third kappa shape index (κ3) is 3.91. The second kappa shape index (κ2) is 10.7. The van der Waals surface area contributed by atoms with Crippen LogP contribution in [0.3, 0.4) is 0 Å². The van der Waals surface area contributed by atoms with Crippen LogP contribution in [0.2, 0.25) is 0 Å². The van der Waals surface area contributed by atoms with E-state index in [1.54, 1.807) is 0 Å². The lowest BCUT2D eigenvalue weighted by atomic mass is 9.66. The number of rotatable bonds is 4. The van der Waals surface area contributed by atoms with E-state index in [9.17, 15) is 0 Å². The monoisotopic (exact) mass is 644 g/mol. The molecule has 0 aliphatic heterocycles. The zero-order valence-corrected chi connectivity index (χ0v) is 28.0. The molecular weight excluding hydrogens is 613 g/mol. The molecule has 0 bridgehead atoms. The smallest absolute Gasteiger partial charge is 0.0622 e. The van der Waals surface area contributed by atoms with Crippen molar-refractivity contribution in [2.75, 3.05) is 0 Å². The van der Waals surface area contributed by atoms with Crippen molar-refractivity contribution in [3.05, 3.63) is 216 Å². The van der Waals surface area contributed by atoms with Gasteiger partial charge in [-0.05, 0) is 105 Å². The minimum atomic E-state index is -0.488. The molecule has 0 saturated carbocycles. The van der Waals surface area contributed by atoms with Gasteiger partial charge in [0.05, 0.1) is 5.41 Å². The third-order valence-corrected chi connectivity index (χ3v) is 11.5. The summed E-state index contributed by atoms with van der Waals surface area (Å²) >= 11 is 0. The lowest BCUT2D eigenvalue weighted by Crippen LogP contribution is -2.28. The van der Waals surface area contributed by atoms with Gasteiger partial charge >= 0.3 is 0 Å². The Balaban J connectivity index is 1.22. The molecule has 0 amide bonds. The molecule has 0 saturated heterocycles. The normalized spacial score (nSPS) is 13.3. The maximum absolute atomic E-state index is 2.51. The van der Waals surface area contributed by atoms with Crippen molar-refractivity contribution in [2.45, 2.75) is 5.41 Å². The van der Waals surface area contributed by atoms with Crippen LogP contribution in [0, 0.1) is 0 Å². The predicted molar refractivity (Wildman–Crippen MR) is 216 cm³/mol. The first-order valence-electron chi connectivity index (χ1n) is 17.9. The van der Waals surface area contributed by atoms with Gasteiger partial charge in [0.15, 0.2) is 0 Å². The highest BCUT2D eigenvalue weighted by molar-refractivity contribution is 6.27. The van der Waals surface area contributed by atoms with Crippen molar-refractivity contribution in [3.8, 4) is 33.4 Å². The topological polar surface area (TPSA) is 0 Å². The summed E-state index contributed by atoms with van der Waals surface area (Å²) in [5.74, 6) is 0. The van der Waals surface area contributed by atoms with Gasteiger partial charge in [0, 0.05) is 0 Å². The van der Waals surface area contributed by atoms with E-state index in [1.165, 1.54) is 98.7 Å². The predicted octanol–water partition coefficient (Wildman–Crippen LogP) is 13.4. The maximum atomic E-state index is 2.51. The molecule has 0 heteroatoms. The van der Waals surface area contributed by atoms with E-state index in [0.717, 1.165) is 0 Å². The zero-order chi connectivity index (χ0) is 33.5. The molecular formula is C51H32. The van der Waals surface area contributed by atoms with E-state index in [0.29, 0.717) is 0 Å². The lowest BCUT2D eigenvalue weighted by Gasteiger charge is -2.35. The first-order chi connectivity index (χ1) is 25.3. The summed E-state index contributed by atoms with van der Waals surface area (Å²) in [5, 5.41) is 10.4. The number of hydrogen-bond donors (Lipinski definition) is 0. The molecule has 0 nitrogen and oxygen atoms in total. The Kier molecular flexibility index (Phi) is 5.97. The molecule has 10 aromatic carbocycles. The van der Waals surface area contributed by atoms with Crippen LogP contribution in [0.1, 0.15) is 22.3 Å². The second-order valence-corrected chi connectivity index (χ2v) is 14.0. The van der Waals surface area contributed by atoms with E-state index >= 15 is 0 Å². The number of benzene rings is 10. The number of fused-ring (bicyclic) bond motifs is 5. The molecule has 1 aliphatic rings. The van der Waals surface area contributed by atoms with Gasteiger partial charge in [-0.15, -0.1) is 0 Å². The van der Waals surface area contributed by atoms with Gasteiger partial charge in [0.1, 0.15) is 0 Å². The quantitative estimate of drug-likeness (QED) is 0.167. The molecule has 0 N–H and O–H groups in total. The minimum absolute atomic E-state index is 0.488. The molecule has 0 radical (unpaired) electrons. The SMILES string of the molecule is c1ccc(-c2ccc3ccc4c(-c5ccc6c(c5)C(c5ccccc5)(c5ccccc5)c5c-6ccc6ccccc56)ccc5ccc2c3c54)cc1. The van der Waals surface area contributed by atoms with Crippen LogP contribution in [0.4, 0.5) is 0 Å². The first kappa shape index (κ1) is 28.3. The van der Waals surface area contributed by atoms with Crippen molar-refractivity contribution in [3.63, 3.8) is 0 Å². The second-order valence-electron chi connectivity index (χ2n) is 14.0. The van der Waals surface area contributed by atoms with Crippen LogP contribution in [-0.2, 0) is 5.41 Å². The Morgan fingerprint density at radius 1 is 0.294 bits per heavy atom. The van der Waals surface area contributed by atoms with Crippen molar-refractivity contribution < 1.29 is 0 Å². The van der Waals surface area contributed by atoms with Crippen LogP contribution >= 0.6 is 0 Å². The summed E-state index contributed by atoms with van der Waals surface area (Å²) < 4.78 is 0. The van der Waals surface area contributed by atoms with Crippen molar-refractivity contribution >= 4 is 43.1 Å². The van der Waals surface area contributed by atoms with Gasteiger partial charge in [-0.25, -0.2) is 0 Å². The molecule has 1 aliphatic carbocycles. The Morgan fingerprint density at radius 3 is 1.43 bits per heavy atom. The lowest BCUT2D eigenvalue weighted by molar-refractivity contribution is 0.776. The summed E-state index contributed by atoms with van der Waals surface area (Å²) in [4.78, 5) is 0. The van der Waals surface area contributed by atoms with Gasteiger partial charge in [-0.3, -0.25) is 0 Å². The van der Waals surface area contributed by atoms with Crippen molar-refractivity contribution in [1.29, 1.82) is 0 Å². The zero-order valence-electron chi connectivity index (χ0n) is 28.0. The Bertz CT molecular complexity index is 2900. The molecule has 0 heterocycles. The van der Waals surface area contributed by atoms with Crippen LogP contribution in [0.25, 0.3) is 76.5 Å². The molecule has 0 aromatic heterocycles. The Hall–Kier alpha value is -6.50. The van der Waals surface area contributed by atoms with E-state index in [2.05, 4.69) is 194 Å². The number of hydrogen-bond acceptors (Lipinski definition) is 0. The fourth-order valence-corrected chi connectivity index (χ4v) is 9.36. The Morgan fingerprint density at radius 2 is 0.784 bits per heavy atom. The summed E-state index contributed by atoms with van der Waals surface area (Å²) in [6.45, 7) is 0. The Labute approximate surface area is 297 Å². The van der Waals surface area contributed by atoms with Gasteiger partial charge in [-0.2, -0.15) is 0 Å². The molecule has 11 rings (SSSR count). The summed E-state index contributed by atoms with van der Waals surface area (Å²) in [7, 11) is 0. The maximum Gasteiger partial charge on any atom is 0.0719 e. The minimum Gasteiger partial charge on any atom is -0.0622 e. The largest absolute Gasteiger partial charge is 0.0719 e. The molecule has 0 unspecified atom stereocenters. The van der Waals surface area contributed by atoms with Crippen LogP contribution in [-0.4, -0.2) is 0 Å². The van der Waals surface area contributed by atoms with Gasteiger partial charge in [0.2, 0.25) is 0 Å². The molecule has 236 valence electrons. The van der Waals surface area contributed by atoms with E-state index in [4.69, 9.17) is 0 Å². The molecule has 10 aromatic rings. The average Bonchev–Trinajstić information content (AvgIpc) is 3.51. The van der Waals surface area contributed by atoms with Crippen molar-refractivity contribution in [2.24, 2.45) is 0 Å². The average molecular weight is 645 g/mol. The van der Waals surface area contributed by atoms with Crippen LogP contribution < -0.4 is 0 Å². The van der Waals surface area contributed by atoms with Gasteiger partial charge < -0.3 is 0 Å². The summed E-state index contributed by atoms with van der Waals surface area (Å²) in [5.41, 5.74) is 12.4. The van der Waals surface area contributed by atoms with Crippen LogP contribution in [0.5, 0.6) is 0 Å². The van der Waals surface area contributed by atoms with E-state index in [1.807, 2.05) is 0 Å². The highest BCUT2D eigenvalue weighted by atomic mass is 14.5.